The Morgan fingerprint density at radius 1 is 0.711 bits per heavy atom. The Bertz CT molecular complexity index is 1430. The molecule has 0 saturated carbocycles. The first-order valence-corrected chi connectivity index (χ1v) is 12.5. The van der Waals surface area contributed by atoms with Crippen LogP contribution in [0.3, 0.4) is 0 Å². The molecule has 0 heterocycles. The summed E-state index contributed by atoms with van der Waals surface area (Å²) in [4.78, 5) is 4.28. The highest BCUT2D eigenvalue weighted by atomic mass is 15.1. The second-order valence-electron chi connectivity index (χ2n) is 8.78. The maximum Gasteiger partial charge on any atom is 0.138 e. The summed E-state index contributed by atoms with van der Waals surface area (Å²) in [6.07, 6.45) is 3.85. The smallest absolute Gasteiger partial charge is 0.138 e. The summed E-state index contributed by atoms with van der Waals surface area (Å²) < 4.78 is 0. The minimum Gasteiger partial charge on any atom is -0.378 e. The highest BCUT2D eigenvalue weighted by Gasteiger charge is 2.19. The molecule has 0 N–H and O–H groups in total. The summed E-state index contributed by atoms with van der Waals surface area (Å²) in [5.41, 5.74) is 5.73. The van der Waals surface area contributed by atoms with Crippen molar-refractivity contribution >= 4 is 28.6 Å². The Hall–Kier alpha value is -5.05. The largest absolute Gasteiger partial charge is 0.378 e. The van der Waals surface area contributed by atoms with Crippen molar-refractivity contribution < 1.29 is 0 Å². The summed E-state index contributed by atoms with van der Waals surface area (Å²) in [5, 5.41) is 30.0. The molecule has 5 heteroatoms. The number of benzene rings is 3. The van der Waals surface area contributed by atoms with Crippen molar-refractivity contribution in [2.75, 3.05) is 37.0 Å². The van der Waals surface area contributed by atoms with E-state index in [0.29, 0.717) is 16.7 Å². The molecule has 188 valence electrons. The lowest BCUT2D eigenvalue weighted by Gasteiger charge is -2.20. The summed E-state index contributed by atoms with van der Waals surface area (Å²) in [6.45, 7) is 6.13. The summed E-state index contributed by atoms with van der Waals surface area (Å²) in [7, 11) is 3.94. The molecule has 0 aliphatic rings. The van der Waals surface area contributed by atoms with Crippen molar-refractivity contribution in [1.82, 2.24) is 0 Å². The first-order chi connectivity index (χ1) is 18.5. The quantitative estimate of drug-likeness (QED) is 0.233. The van der Waals surface area contributed by atoms with Crippen LogP contribution in [0.2, 0.25) is 0 Å². The zero-order valence-corrected chi connectivity index (χ0v) is 22.3. The maximum atomic E-state index is 10.4. The van der Waals surface area contributed by atoms with E-state index < -0.39 is 0 Å². The number of allylic oxidation sites excluding steroid dienone is 5. The first kappa shape index (κ1) is 27.5. The number of nitrogens with zero attached hydrogens (tertiary/aromatic N) is 5. The van der Waals surface area contributed by atoms with E-state index in [1.807, 2.05) is 110 Å². The molecule has 3 rings (SSSR count). The van der Waals surface area contributed by atoms with Crippen molar-refractivity contribution in [2.45, 2.75) is 13.8 Å². The molecule has 0 aliphatic heterocycles. The van der Waals surface area contributed by atoms with Crippen LogP contribution < -0.4 is 9.80 Å². The molecule has 38 heavy (non-hydrogen) atoms. The Balaban J connectivity index is 2.24. The highest BCUT2D eigenvalue weighted by Crippen LogP contribution is 2.34. The van der Waals surface area contributed by atoms with Gasteiger partial charge in [0.1, 0.15) is 23.8 Å². The van der Waals surface area contributed by atoms with Gasteiger partial charge in [-0.2, -0.15) is 15.8 Å². The van der Waals surface area contributed by atoms with E-state index in [9.17, 15) is 15.8 Å². The molecule has 0 aromatic heterocycles. The van der Waals surface area contributed by atoms with Gasteiger partial charge in [-0.15, -0.1) is 0 Å². The lowest BCUT2D eigenvalue weighted by atomic mass is 9.88. The highest BCUT2D eigenvalue weighted by molar-refractivity contribution is 6.00. The number of nitriles is 3. The molecule has 0 bridgehead atoms. The Kier molecular flexibility index (Phi) is 9.65. The molecule has 0 radical (unpaired) electrons. The van der Waals surface area contributed by atoms with Gasteiger partial charge in [-0.05, 0) is 54.8 Å². The molecule has 0 spiro atoms. The fraction of sp³-hybridized carbons (Fsp3) is 0.182. The van der Waals surface area contributed by atoms with Crippen molar-refractivity contribution in [3.63, 3.8) is 0 Å². The summed E-state index contributed by atoms with van der Waals surface area (Å²) in [6, 6.07) is 31.6. The van der Waals surface area contributed by atoms with Crippen LogP contribution in [-0.2, 0) is 0 Å². The minimum absolute atomic E-state index is 0.105. The van der Waals surface area contributed by atoms with Gasteiger partial charge in [-0.1, -0.05) is 66.7 Å². The topological polar surface area (TPSA) is 77.8 Å². The van der Waals surface area contributed by atoms with Crippen LogP contribution in [0.15, 0.2) is 96.1 Å². The van der Waals surface area contributed by atoms with E-state index in [1.165, 1.54) is 0 Å². The van der Waals surface area contributed by atoms with E-state index in [4.69, 9.17) is 0 Å². The number of anilines is 2. The predicted molar refractivity (Wildman–Crippen MR) is 157 cm³/mol. The van der Waals surface area contributed by atoms with Crippen molar-refractivity contribution in [3.05, 3.63) is 113 Å². The molecule has 0 amide bonds. The van der Waals surface area contributed by atoms with Crippen LogP contribution in [0.4, 0.5) is 11.4 Å². The SMILES string of the molecule is CCN(CC)c1ccc(/C=C/C(=C(/C#N)C(=C(C#N)C#N)c2ccccc2)c2ccc(N(C)C)cc2)cc1. The van der Waals surface area contributed by atoms with E-state index >= 15 is 0 Å². The molecule has 0 unspecified atom stereocenters. The van der Waals surface area contributed by atoms with Gasteiger partial charge < -0.3 is 9.80 Å². The van der Waals surface area contributed by atoms with Gasteiger partial charge in [-0.25, -0.2) is 0 Å². The predicted octanol–water partition coefficient (Wildman–Crippen LogP) is 7.09. The zero-order chi connectivity index (χ0) is 27.5. The average Bonchev–Trinajstić information content (AvgIpc) is 2.96. The van der Waals surface area contributed by atoms with Gasteiger partial charge in [0.2, 0.25) is 0 Å². The molecule has 0 atom stereocenters. The van der Waals surface area contributed by atoms with Crippen LogP contribution in [0.25, 0.3) is 17.2 Å². The van der Waals surface area contributed by atoms with E-state index in [-0.39, 0.29) is 11.1 Å². The molecule has 0 saturated heterocycles. The molecule has 0 fully saturated rings. The standard InChI is InChI=1S/C33H31N5/c1-5-38(6-2)30-17-12-25(13-18-30)14-21-31(26-15-19-29(20-16-26)37(3)4)32(24-36)33(28(22-34)23-35)27-10-8-7-9-11-27/h7-21H,5-6H2,1-4H3/b21-14+,32-31+. The molecular formula is C33H31N5. The third kappa shape index (κ3) is 6.38. The lowest BCUT2D eigenvalue weighted by Crippen LogP contribution is -2.21. The van der Waals surface area contributed by atoms with Crippen LogP contribution in [-0.4, -0.2) is 27.2 Å². The van der Waals surface area contributed by atoms with Crippen molar-refractivity contribution in [1.29, 1.82) is 15.8 Å². The van der Waals surface area contributed by atoms with Crippen LogP contribution in [0.5, 0.6) is 0 Å². The van der Waals surface area contributed by atoms with Gasteiger partial charge in [0.15, 0.2) is 0 Å². The fourth-order valence-electron chi connectivity index (χ4n) is 4.23. The Morgan fingerprint density at radius 3 is 1.79 bits per heavy atom. The lowest BCUT2D eigenvalue weighted by molar-refractivity contribution is 0.866. The van der Waals surface area contributed by atoms with E-state index in [1.54, 1.807) is 0 Å². The van der Waals surface area contributed by atoms with Crippen LogP contribution >= 0.6 is 0 Å². The second-order valence-corrected chi connectivity index (χ2v) is 8.78. The summed E-state index contributed by atoms with van der Waals surface area (Å²) >= 11 is 0. The monoisotopic (exact) mass is 497 g/mol. The molecule has 0 aliphatic carbocycles. The van der Waals surface area contributed by atoms with Gasteiger partial charge in [0, 0.05) is 49.7 Å². The third-order valence-corrected chi connectivity index (χ3v) is 6.33. The fourth-order valence-corrected chi connectivity index (χ4v) is 4.23. The summed E-state index contributed by atoms with van der Waals surface area (Å²) in [5.74, 6) is 0. The van der Waals surface area contributed by atoms with Gasteiger partial charge in [0.05, 0.1) is 5.57 Å². The molecule has 5 nitrogen and oxygen atoms in total. The number of hydrogen-bond donors (Lipinski definition) is 0. The van der Waals surface area contributed by atoms with E-state index in [0.717, 1.165) is 35.6 Å². The molecule has 3 aromatic carbocycles. The number of hydrogen-bond acceptors (Lipinski definition) is 5. The van der Waals surface area contributed by atoms with Gasteiger partial charge in [0.25, 0.3) is 0 Å². The third-order valence-electron chi connectivity index (χ3n) is 6.33. The van der Waals surface area contributed by atoms with Gasteiger partial charge in [-0.3, -0.25) is 0 Å². The average molecular weight is 498 g/mol. The maximum absolute atomic E-state index is 10.4. The minimum atomic E-state index is -0.105. The van der Waals surface area contributed by atoms with Crippen LogP contribution in [0.1, 0.15) is 30.5 Å². The zero-order valence-electron chi connectivity index (χ0n) is 22.3. The number of rotatable bonds is 9. The van der Waals surface area contributed by atoms with Crippen LogP contribution in [0, 0.1) is 34.0 Å². The second kappa shape index (κ2) is 13.3. The van der Waals surface area contributed by atoms with Gasteiger partial charge >= 0.3 is 0 Å². The van der Waals surface area contributed by atoms with Crippen molar-refractivity contribution in [3.8, 4) is 18.2 Å². The first-order valence-electron chi connectivity index (χ1n) is 12.5. The Morgan fingerprint density at radius 2 is 1.29 bits per heavy atom. The van der Waals surface area contributed by atoms with E-state index in [2.05, 4.69) is 36.9 Å². The van der Waals surface area contributed by atoms with Crippen molar-refractivity contribution in [2.24, 2.45) is 0 Å². The Labute approximate surface area is 226 Å². The molecular weight excluding hydrogens is 466 g/mol. The normalized spacial score (nSPS) is 11.1. The molecule has 3 aromatic rings.